The van der Waals surface area contributed by atoms with Crippen molar-refractivity contribution in [1.29, 1.82) is 0 Å². The van der Waals surface area contributed by atoms with Gasteiger partial charge < -0.3 is 16.2 Å². The normalized spacial score (nSPS) is 19.7. The smallest absolute Gasteiger partial charge is 0.326 e. The van der Waals surface area contributed by atoms with Gasteiger partial charge in [0.05, 0.1) is 0 Å². The van der Waals surface area contributed by atoms with Gasteiger partial charge in [0.1, 0.15) is 6.04 Å². The third kappa shape index (κ3) is 5.59. The molecule has 1 amide bonds. The number of aliphatic carboxylic acids is 1. The van der Waals surface area contributed by atoms with E-state index >= 15 is 0 Å². The van der Waals surface area contributed by atoms with E-state index in [1.54, 1.807) is 0 Å². The summed E-state index contributed by atoms with van der Waals surface area (Å²) in [6, 6.07) is -0.778. The summed E-state index contributed by atoms with van der Waals surface area (Å²) in [5.41, 5.74) is 5.77. The first kappa shape index (κ1) is 16.0. The summed E-state index contributed by atoms with van der Waals surface area (Å²) in [4.78, 5) is 23.0. The van der Waals surface area contributed by atoms with Crippen molar-refractivity contribution < 1.29 is 14.7 Å². The van der Waals surface area contributed by atoms with Crippen molar-refractivity contribution in [3.05, 3.63) is 0 Å². The number of rotatable bonds is 7. The number of carbonyl (C=O) groups is 2. The van der Waals surface area contributed by atoms with Crippen LogP contribution in [0.2, 0.25) is 0 Å². The lowest BCUT2D eigenvalue weighted by Crippen LogP contribution is -2.49. The largest absolute Gasteiger partial charge is 0.480 e. The van der Waals surface area contributed by atoms with Crippen LogP contribution < -0.4 is 11.1 Å². The van der Waals surface area contributed by atoms with E-state index in [-0.39, 0.29) is 12.3 Å². The zero-order chi connectivity index (χ0) is 14.3. The Labute approximate surface area is 114 Å². The van der Waals surface area contributed by atoms with Crippen LogP contribution in [0.4, 0.5) is 0 Å². The van der Waals surface area contributed by atoms with Gasteiger partial charge in [-0.15, -0.1) is 0 Å². The highest BCUT2D eigenvalue weighted by atomic mass is 16.4. The van der Waals surface area contributed by atoms with E-state index in [0.29, 0.717) is 6.42 Å². The van der Waals surface area contributed by atoms with Crippen molar-refractivity contribution in [2.24, 2.45) is 5.73 Å². The maximum Gasteiger partial charge on any atom is 0.326 e. The SMILES string of the molecule is CCCCC(NC(=O)CC1(N)CCCCC1)C(=O)O. The highest BCUT2D eigenvalue weighted by molar-refractivity contribution is 5.84. The predicted molar refractivity (Wildman–Crippen MR) is 73.7 cm³/mol. The lowest BCUT2D eigenvalue weighted by atomic mass is 9.80. The van der Waals surface area contributed by atoms with Crippen molar-refractivity contribution in [2.75, 3.05) is 0 Å². The van der Waals surface area contributed by atoms with Crippen molar-refractivity contribution in [2.45, 2.75) is 76.3 Å². The molecule has 1 fully saturated rings. The molecule has 5 nitrogen and oxygen atoms in total. The lowest BCUT2D eigenvalue weighted by molar-refractivity contribution is -0.142. The molecule has 0 aromatic carbocycles. The van der Waals surface area contributed by atoms with E-state index in [9.17, 15) is 9.59 Å². The number of hydrogen-bond donors (Lipinski definition) is 3. The Morgan fingerprint density at radius 1 is 1.32 bits per heavy atom. The van der Waals surface area contributed by atoms with Gasteiger partial charge in [-0.05, 0) is 19.3 Å². The topological polar surface area (TPSA) is 92.4 Å². The maximum atomic E-state index is 11.9. The molecule has 0 saturated heterocycles. The summed E-state index contributed by atoms with van der Waals surface area (Å²) in [5.74, 6) is -1.19. The van der Waals surface area contributed by atoms with E-state index < -0.39 is 17.6 Å². The molecule has 110 valence electrons. The van der Waals surface area contributed by atoms with E-state index in [1.165, 1.54) is 6.42 Å². The van der Waals surface area contributed by atoms with Crippen LogP contribution in [0.1, 0.15) is 64.7 Å². The Morgan fingerprint density at radius 3 is 2.47 bits per heavy atom. The Kier molecular flexibility index (Phi) is 6.28. The first-order valence-electron chi connectivity index (χ1n) is 7.28. The molecule has 1 aliphatic carbocycles. The fourth-order valence-electron chi connectivity index (χ4n) is 2.66. The molecular formula is C14H26N2O3. The number of amides is 1. The fraction of sp³-hybridized carbons (Fsp3) is 0.857. The van der Waals surface area contributed by atoms with Crippen molar-refractivity contribution in [1.82, 2.24) is 5.32 Å². The van der Waals surface area contributed by atoms with Gasteiger partial charge in [0.15, 0.2) is 0 Å². The maximum absolute atomic E-state index is 11.9. The fourth-order valence-corrected chi connectivity index (χ4v) is 2.66. The molecule has 1 aliphatic rings. The zero-order valence-electron chi connectivity index (χ0n) is 11.8. The Morgan fingerprint density at radius 2 is 1.95 bits per heavy atom. The van der Waals surface area contributed by atoms with Crippen LogP contribution in [-0.2, 0) is 9.59 Å². The molecule has 19 heavy (non-hydrogen) atoms. The summed E-state index contributed by atoms with van der Waals surface area (Å²) < 4.78 is 0. The first-order valence-corrected chi connectivity index (χ1v) is 7.28. The number of carboxylic acids is 1. The molecule has 1 atom stereocenters. The second kappa shape index (κ2) is 7.48. The second-order valence-electron chi connectivity index (χ2n) is 5.70. The van der Waals surface area contributed by atoms with Crippen LogP contribution in [-0.4, -0.2) is 28.6 Å². The van der Waals surface area contributed by atoms with Gasteiger partial charge >= 0.3 is 5.97 Å². The first-order chi connectivity index (χ1) is 8.97. The van der Waals surface area contributed by atoms with Crippen LogP contribution in [0.25, 0.3) is 0 Å². The Hall–Kier alpha value is -1.10. The second-order valence-corrected chi connectivity index (χ2v) is 5.70. The standard InChI is InChI=1S/C14H26N2O3/c1-2-3-7-11(13(18)19)16-12(17)10-14(15)8-5-4-6-9-14/h11H,2-10,15H2,1H3,(H,16,17)(H,18,19). The molecule has 1 unspecified atom stereocenters. The van der Waals surface area contributed by atoms with Gasteiger partial charge in [0.2, 0.25) is 5.91 Å². The predicted octanol–water partition coefficient (Wildman–Crippen LogP) is 1.80. The monoisotopic (exact) mass is 270 g/mol. The lowest BCUT2D eigenvalue weighted by Gasteiger charge is -2.33. The number of hydrogen-bond acceptors (Lipinski definition) is 3. The van der Waals surface area contributed by atoms with Crippen molar-refractivity contribution in [3.8, 4) is 0 Å². The summed E-state index contributed by atoms with van der Waals surface area (Å²) in [6.45, 7) is 2.00. The molecule has 0 radical (unpaired) electrons. The zero-order valence-corrected chi connectivity index (χ0v) is 11.8. The van der Waals surface area contributed by atoms with Crippen LogP contribution >= 0.6 is 0 Å². The van der Waals surface area contributed by atoms with E-state index in [2.05, 4.69) is 5.32 Å². The van der Waals surface area contributed by atoms with Gasteiger partial charge in [0.25, 0.3) is 0 Å². The van der Waals surface area contributed by atoms with Gasteiger partial charge in [-0.1, -0.05) is 39.0 Å². The summed E-state index contributed by atoms with van der Waals surface area (Å²) in [7, 11) is 0. The molecule has 5 heteroatoms. The highest BCUT2D eigenvalue weighted by Gasteiger charge is 2.31. The van der Waals surface area contributed by atoms with Gasteiger partial charge in [0, 0.05) is 12.0 Å². The minimum absolute atomic E-state index is 0.229. The molecular weight excluding hydrogens is 244 g/mol. The quantitative estimate of drug-likeness (QED) is 0.657. The van der Waals surface area contributed by atoms with Crippen LogP contribution in [0.3, 0.4) is 0 Å². The molecule has 1 rings (SSSR count). The molecule has 0 heterocycles. The van der Waals surface area contributed by atoms with E-state index in [0.717, 1.165) is 38.5 Å². The minimum atomic E-state index is -0.962. The van der Waals surface area contributed by atoms with Crippen molar-refractivity contribution in [3.63, 3.8) is 0 Å². The molecule has 0 spiro atoms. The number of nitrogens with two attached hydrogens (primary N) is 1. The van der Waals surface area contributed by atoms with Crippen molar-refractivity contribution >= 4 is 11.9 Å². The summed E-state index contributed by atoms with van der Waals surface area (Å²) >= 11 is 0. The van der Waals surface area contributed by atoms with Crippen LogP contribution in [0.15, 0.2) is 0 Å². The number of carbonyl (C=O) groups excluding carboxylic acids is 1. The number of unbranched alkanes of at least 4 members (excludes halogenated alkanes) is 1. The molecule has 0 bridgehead atoms. The van der Waals surface area contributed by atoms with Crippen LogP contribution in [0, 0.1) is 0 Å². The summed E-state index contributed by atoms with van der Waals surface area (Å²) in [6.07, 6.45) is 7.43. The average molecular weight is 270 g/mol. The molecule has 0 aromatic heterocycles. The molecule has 0 aliphatic heterocycles. The van der Waals surface area contributed by atoms with Crippen LogP contribution in [0.5, 0.6) is 0 Å². The van der Waals surface area contributed by atoms with E-state index in [4.69, 9.17) is 10.8 Å². The van der Waals surface area contributed by atoms with Gasteiger partial charge in [-0.3, -0.25) is 4.79 Å². The number of nitrogens with one attached hydrogen (secondary N) is 1. The third-order valence-corrected chi connectivity index (χ3v) is 3.84. The molecule has 0 aromatic rings. The Balaban J connectivity index is 2.45. The average Bonchev–Trinajstić information content (AvgIpc) is 2.34. The minimum Gasteiger partial charge on any atom is -0.480 e. The van der Waals surface area contributed by atoms with E-state index in [1.807, 2.05) is 6.92 Å². The molecule has 4 N–H and O–H groups in total. The van der Waals surface area contributed by atoms with Gasteiger partial charge in [-0.25, -0.2) is 4.79 Å². The third-order valence-electron chi connectivity index (χ3n) is 3.84. The number of carboxylic acid groups (broad SMARTS) is 1. The summed E-state index contributed by atoms with van der Waals surface area (Å²) in [5, 5.41) is 11.7. The molecule has 1 saturated carbocycles. The Bertz CT molecular complexity index is 312. The highest BCUT2D eigenvalue weighted by Crippen LogP contribution is 2.28. The van der Waals surface area contributed by atoms with Gasteiger partial charge in [-0.2, -0.15) is 0 Å².